The summed E-state index contributed by atoms with van der Waals surface area (Å²) >= 11 is 0. The maximum atomic E-state index is 13.3. The summed E-state index contributed by atoms with van der Waals surface area (Å²) in [7, 11) is -1.01. The number of nitrogens with one attached hydrogen (secondary N) is 2. The molecule has 0 fully saturated rings. The van der Waals surface area contributed by atoms with Crippen LogP contribution in [0.5, 0.6) is 0 Å². The van der Waals surface area contributed by atoms with Crippen LogP contribution in [0.3, 0.4) is 0 Å². The summed E-state index contributed by atoms with van der Waals surface area (Å²) in [6.45, 7) is 0.227. The van der Waals surface area contributed by atoms with Crippen molar-refractivity contribution in [1.29, 1.82) is 0 Å². The molecule has 2 amide bonds. The molecule has 1 atom stereocenters. The van der Waals surface area contributed by atoms with E-state index >= 15 is 0 Å². The molecular weight excluding hydrogens is 275 g/mol. The normalized spacial score (nSPS) is 11.7. The van der Waals surface area contributed by atoms with Crippen LogP contribution < -0.4 is 10.6 Å². The van der Waals surface area contributed by atoms with Gasteiger partial charge < -0.3 is 15.7 Å². The highest BCUT2D eigenvalue weighted by atomic mass is 32.2. The minimum absolute atomic E-state index is 0.137. The van der Waals surface area contributed by atoms with Gasteiger partial charge in [0.1, 0.15) is 5.82 Å². The first kappa shape index (κ1) is 15.1. The average Bonchev–Trinajstić information content (AvgIpc) is 2.27. The Labute approximate surface area is 111 Å². The predicted octanol–water partition coefficient (Wildman–Crippen LogP) is 1.02. The molecule has 1 aromatic rings. The SMILES string of the molecule is CS(=O)CCNC(=O)Nc1ccc(C(=O)O)c(F)c1. The molecule has 19 heavy (non-hydrogen) atoms. The maximum absolute atomic E-state index is 13.3. The molecular formula is C11H13FN2O4S. The van der Waals surface area contributed by atoms with Crippen molar-refractivity contribution in [2.75, 3.05) is 23.9 Å². The monoisotopic (exact) mass is 288 g/mol. The van der Waals surface area contributed by atoms with Crippen molar-refractivity contribution in [3.8, 4) is 0 Å². The highest BCUT2D eigenvalue weighted by Gasteiger charge is 2.11. The summed E-state index contributed by atoms with van der Waals surface area (Å²) in [6.07, 6.45) is 1.51. The molecule has 0 aliphatic carbocycles. The number of benzene rings is 1. The minimum atomic E-state index is -1.38. The molecule has 6 nitrogen and oxygen atoms in total. The Balaban J connectivity index is 2.58. The highest BCUT2D eigenvalue weighted by Crippen LogP contribution is 2.14. The van der Waals surface area contributed by atoms with Gasteiger partial charge in [-0.25, -0.2) is 14.0 Å². The van der Waals surface area contributed by atoms with Gasteiger partial charge in [0.15, 0.2) is 0 Å². The lowest BCUT2D eigenvalue weighted by Crippen LogP contribution is -2.31. The lowest BCUT2D eigenvalue weighted by Gasteiger charge is -2.07. The number of carbonyl (C=O) groups is 2. The third-order valence-electron chi connectivity index (χ3n) is 2.13. The first-order valence-electron chi connectivity index (χ1n) is 5.28. The van der Waals surface area contributed by atoms with Gasteiger partial charge in [-0.3, -0.25) is 4.21 Å². The minimum Gasteiger partial charge on any atom is -0.478 e. The zero-order chi connectivity index (χ0) is 14.4. The Morgan fingerprint density at radius 2 is 2.11 bits per heavy atom. The third kappa shape index (κ3) is 5.04. The number of halogens is 1. The number of rotatable bonds is 5. The quantitative estimate of drug-likeness (QED) is 0.754. The van der Waals surface area contributed by atoms with Gasteiger partial charge >= 0.3 is 12.0 Å². The second-order valence-electron chi connectivity index (χ2n) is 3.66. The molecule has 0 aromatic heterocycles. The van der Waals surface area contributed by atoms with Crippen molar-refractivity contribution in [2.24, 2.45) is 0 Å². The summed E-state index contributed by atoms with van der Waals surface area (Å²) in [5, 5.41) is 13.4. The lowest BCUT2D eigenvalue weighted by atomic mass is 10.2. The molecule has 0 saturated carbocycles. The summed E-state index contributed by atoms with van der Waals surface area (Å²) in [6, 6.07) is 2.69. The van der Waals surface area contributed by atoms with Gasteiger partial charge in [0.05, 0.1) is 5.56 Å². The predicted molar refractivity (Wildman–Crippen MR) is 69.3 cm³/mol. The van der Waals surface area contributed by atoms with Crippen LogP contribution >= 0.6 is 0 Å². The van der Waals surface area contributed by atoms with Crippen molar-refractivity contribution in [3.05, 3.63) is 29.6 Å². The van der Waals surface area contributed by atoms with E-state index in [1.165, 1.54) is 12.3 Å². The van der Waals surface area contributed by atoms with Gasteiger partial charge in [-0.1, -0.05) is 0 Å². The number of carboxylic acid groups (broad SMARTS) is 1. The molecule has 0 saturated heterocycles. The Bertz CT molecular complexity index is 521. The van der Waals surface area contributed by atoms with Crippen molar-refractivity contribution in [1.82, 2.24) is 5.32 Å². The Kier molecular flexibility index (Phi) is 5.43. The number of carboxylic acids is 1. The van der Waals surface area contributed by atoms with E-state index in [2.05, 4.69) is 10.6 Å². The van der Waals surface area contributed by atoms with Crippen molar-refractivity contribution in [2.45, 2.75) is 0 Å². The van der Waals surface area contributed by atoms with Crippen molar-refractivity contribution in [3.63, 3.8) is 0 Å². The number of carbonyl (C=O) groups excluding carboxylic acids is 1. The van der Waals surface area contributed by atoms with E-state index in [0.717, 1.165) is 12.1 Å². The molecule has 0 aliphatic heterocycles. The Morgan fingerprint density at radius 3 is 2.63 bits per heavy atom. The fraction of sp³-hybridized carbons (Fsp3) is 0.273. The number of amides is 2. The molecule has 1 aromatic carbocycles. The third-order valence-corrected chi connectivity index (χ3v) is 2.91. The van der Waals surface area contributed by atoms with Crippen molar-refractivity contribution < 1.29 is 23.3 Å². The molecule has 0 heterocycles. The van der Waals surface area contributed by atoms with Crippen LogP contribution in [0.2, 0.25) is 0 Å². The molecule has 104 valence electrons. The second kappa shape index (κ2) is 6.83. The van der Waals surface area contributed by atoms with E-state index in [0.29, 0.717) is 5.75 Å². The van der Waals surface area contributed by atoms with E-state index in [-0.39, 0.29) is 12.2 Å². The van der Waals surface area contributed by atoms with Gasteiger partial charge in [0, 0.05) is 35.0 Å². The van der Waals surface area contributed by atoms with E-state index in [9.17, 15) is 18.2 Å². The fourth-order valence-electron chi connectivity index (χ4n) is 1.25. The number of hydrogen-bond acceptors (Lipinski definition) is 3. The number of urea groups is 1. The van der Waals surface area contributed by atoms with Crippen LogP contribution in [-0.4, -0.2) is 39.9 Å². The first-order chi connectivity index (χ1) is 8.90. The van der Waals surface area contributed by atoms with Crippen LogP contribution in [-0.2, 0) is 10.8 Å². The van der Waals surface area contributed by atoms with E-state index < -0.39 is 34.2 Å². The highest BCUT2D eigenvalue weighted by molar-refractivity contribution is 7.84. The van der Waals surface area contributed by atoms with Crippen LogP contribution in [0, 0.1) is 5.82 Å². The summed E-state index contributed by atoms with van der Waals surface area (Å²) < 4.78 is 24.1. The van der Waals surface area contributed by atoms with E-state index in [4.69, 9.17) is 5.11 Å². The van der Waals surface area contributed by atoms with Crippen LogP contribution in [0.1, 0.15) is 10.4 Å². The van der Waals surface area contributed by atoms with Crippen molar-refractivity contribution >= 4 is 28.5 Å². The largest absolute Gasteiger partial charge is 0.478 e. The fourth-order valence-corrected chi connectivity index (χ4v) is 1.64. The number of aromatic carboxylic acids is 1. The molecule has 1 rings (SSSR count). The summed E-state index contributed by atoms with van der Waals surface area (Å²) in [5.41, 5.74) is -0.329. The number of anilines is 1. The molecule has 0 aliphatic rings. The zero-order valence-corrected chi connectivity index (χ0v) is 10.9. The van der Waals surface area contributed by atoms with E-state index in [1.54, 1.807) is 0 Å². The average molecular weight is 288 g/mol. The zero-order valence-electron chi connectivity index (χ0n) is 10.1. The lowest BCUT2D eigenvalue weighted by molar-refractivity contribution is 0.0692. The van der Waals surface area contributed by atoms with Gasteiger partial charge in [-0.2, -0.15) is 0 Å². The van der Waals surface area contributed by atoms with Gasteiger partial charge in [0.25, 0.3) is 0 Å². The summed E-state index contributed by atoms with van der Waals surface area (Å²) in [4.78, 5) is 22.0. The molecule has 0 radical (unpaired) electrons. The van der Waals surface area contributed by atoms with Gasteiger partial charge in [-0.15, -0.1) is 0 Å². The molecule has 0 spiro atoms. The molecule has 8 heteroatoms. The molecule has 1 unspecified atom stereocenters. The second-order valence-corrected chi connectivity index (χ2v) is 5.21. The van der Waals surface area contributed by atoms with Crippen LogP contribution in [0.15, 0.2) is 18.2 Å². The topological polar surface area (TPSA) is 95.5 Å². The van der Waals surface area contributed by atoms with Crippen LogP contribution in [0.25, 0.3) is 0 Å². The van der Waals surface area contributed by atoms with Crippen LogP contribution in [0.4, 0.5) is 14.9 Å². The summed E-state index contributed by atoms with van der Waals surface area (Å²) in [5.74, 6) is -1.99. The Hall–Kier alpha value is -1.96. The molecule has 0 bridgehead atoms. The molecule has 3 N–H and O–H groups in total. The Morgan fingerprint density at radius 1 is 1.42 bits per heavy atom. The first-order valence-corrected chi connectivity index (χ1v) is 7.00. The standard InChI is InChI=1S/C11H13FN2O4S/c1-19(18)5-4-13-11(17)14-7-2-3-8(10(15)16)9(12)6-7/h2-3,6H,4-5H2,1H3,(H,15,16)(H2,13,14,17). The number of hydrogen-bond donors (Lipinski definition) is 3. The smallest absolute Gasteiger partial charge is 0.338 e. The maximum Gasteiger partial charge on any atom is 0.338 e. The van der Waals surface area contributed by atoms with Gasteiger partial charge in [0.2, 0.25) is 0 Å². The van der Waals surface area contributed by atoms with E-state index in [1.807, 2.05) is 0 Å². The van der Waals surface area contributed by atoms with Gasteiger partial charge in [-0.05, 0) is 18.2 Å².